The number of likely N-dealkylation sites (N-methyl/N-ethyl adjacent to an activating group) is 1. The predicted molar refractivity (Wildman–Crippen MR) is 125 cm³/mol. The number of nitrogens with zero attached hydrogens (tertiary/aromatic N) is 5. The second kappa shape index (κ2) is 11.2. The van der Waals surface area contributed by atoms with E-state index in [-0.39, 0.29) is 23.7 Å². The maximum atomic E-state index is 13.1. The standard InChI is InChI=1S/C24H33FN6O2/c1-17(2)15-20(26-22(32)16-29(3)4)24-28-27-21-11-12-30(13-14-31(21)24)23(33)10-7-18-5-8-19(25)9-6-18/h5-10,17,20H,11-16H2,1-4H3,(H,26,32)/b10-7+. The van der Waals surface area contributed by atoms with Crippen molar-refractivity contribution < 1.29 is 14.0 Å². The number of hydrogen-bond acceptors (Lipinski definition) is 5. The highest BCUT2D eigenvalue weighted by Crippen LogP contribution is 2.22. The fourth-order valence-electron chi connectivity index (χ4n) is 3.90. The van der Waals surface area contributed by atoms with Crippen molar-refractivity contribution in [3.05, 3.63) is 53.4 Å². The fraction of sp³-hybridized carbons (Fsp3) is 0.500. The molecular formula is C24H33FN6O2. The van der Waals surface area contributed by atoms with Crippen LogP contribution in [0.3, 0.4) is 0 Å². The summed E-state index contributed by atoms with van der Waals surface area (Å²) < 4.78 is 15.1. The minimum atomic E-state index is -0.307. The molecule has 3 rings (SSSR count). The van der Waals surface area contributed by atoms with Crippen LogP contribution in [0.1, 0.15) is 43.5 Å². The van der Waals surface area contributed by atoms with Crippen molar-refractivity contribution in [2.75, 3.05) is 33.7 Å². The lowest BCUT2D eigenvalue weighted by molar-refractivity contribution is -0.126. The average Bonchev–Trinajstić information content (AvgIpc) is 3.03. The number of benzene rings is 1. The maximum Gasteiger partial charge on any atom is 0.246 e. The number of rotatable bonds is 8. The molecule has 9 heteroatoms. The third-order valence-corrected chi connectivity index (χ3v) is 5.47. The van der Waals surface area contributed by atoms with Gasteiger partial charge in [-0.1, -0.05) is 26.0 Å². The van der Waals surface area contributed by atoms with Crippen LogP contribution in [0.15, 0.2) is 30.3 Å². The molecule has 2 heterocycles. The van der Waals surface area contributed by atoms with Gasteiger partial charge in [0.15, 0.2) is 5.82 Å². The van der Waals surface area contributed by atoms with E-state index in [4.69, 9.17) is 0 Å². The number of carbonyl (C=O) groups excluding carboxylic acids is 2. The van der Waals surface area contributed by atoms with Crippen LogP contribution in [0.2, 0.25) is 0 Å². The smallest absolute Gasteiger partial charge is 0.246 e. The van der Waals surface area contributed by atoms with Gasteiger partial charge < -0.3 is 19.7 Å². The van der Waals surface area contributed by atoms with E-state index in [2.05, 4.69) is 29.4 Å². The number of halogens is 1. The minimum absolute atomic E-state index is 0.0562. The lowest BCUT2D eigenvalue weighted by atomic mass is 10.0. The molecule has 178 valence electrons. The van der Waals surface area contributed by atoms with Gasteiger partial charge in [-0.05, 0) is 50.2 Å². The van der Waals surface area contributed by atoms with Crippen LogP contribution < -0.4 is 5.32 Å². The first-order chi connectivity index (χ1) is 15.7. The van der Waals surface area contributed by atoms with Gasteiger partial charge in [-0.3, -0.25) is 9.59 Å². The summed E-state index contributed by atoms with van der Waals surface area (Å²) in [6.45, 7) is 6.14. The van der Waals surface area contributed by atoms with Gasteiger partial charge in [0, 0.05) is 32.1 Å². The Balaban J connectivity index is 1.70. The van der Waals surface area contributed by atoms with Crippen LogP contribution in [0.4, 0.5) is 4.39 Å². The molecule has 33 heavy (non-hydrogen) atoms. The van der Waals surface area contributed by atoms with Crippen molar-refractivity contribution in [2.24, 2.45) is 5.92 Å². The van der Waals surface area contributed by atoms with Crippen molar-refractivity contribution in [3.63, 3.8) is 0 Å². The number of carbonyl (C=O) groups is 2. The molecule has 1 aromatic carbocycles. The Labute approximate surface area is 194 Å². The van der Waals surface area contributed by atoms with E-state index in [1.165, 1.54) is 18.2 Å². The second-order valence-electron chi connectivity index (χ2n) is 9.07. The van der Waals surface area contributed by atoms with E-state index in [1.54, 1.807) is 23.1 Å². The Morgan fingerprint density at radius 1 is 1.15 bits per heavy atom. The van der Waals surface area contributed by atoms with Gasteiger partial charge in [0.1, 0.15) is 11.6 Å². The van der Waals surface area contributed by atoms with Crippen molar-refractivity contribution in [1.82, 2.24) is 29.9 Å². The van der Waals surface area contributed by atoms with Gasteiger partial charge in [0.2, 0.25) is 11.8 Å². The van der Waals surface area contributed by atoms with Gasteiger partial charge in [-0.25, -0.2) is 4.39 Å². The molecule has 0 saturated heterocycles. The van der Waals surface area contributed by atoms with Gasteiger partial charge in [0.05, 0.1) is 12.6 Å². The van der Waals surface area contributed by atoms with E-state index in [1.807, 2.05) is 23.6 Å². The molecule has 0 spiro atoms. The Hall–Kier alpha value is -3.07. The third kappa shape index (κ3) is 6.95. The summed E-state index contributed by atoms with van der Waals surface area (Å²) in [5.74, 6) is 1.46. The number of fused-ring (bicyclic) bond motifs is 1. The van der Waals surface area contributed by atoms with Crippen LogP contribution in [0.5, 0.6) is 0 Å². The van der Waals surface area contributed by atoms with Crippen LogP contribution in [-0.2, 0) is 22.6 Å². The summed E-state index contributed by atoms with van der Waals surface area (Å²) in [6, 6.07) is 5.77. The van der Waals surface area contributed by atoms with Gasteiger partial charge in [-0.2, -0.15) is 0 Å². The van der Waals surface area contributed by atoms with Crippen LogP contribution in [0.25, 0.3) is 6.08 Å². The van der Waals surface area contributed by atoms with Crippen molar-refractivity contribution in [1.29, 1.82) is 0 Å². The highest BCUT2D eigenvalue weighted by molar-refractivity contribution is 5.91. The quantitative estimate of drug-likeness (QED) is 0.617. The largest absolute Gasteiger partial charge is 0.345 e. The Bertz CT molecular complexity index is 983. The molecule has 1 unspecified atom stereocenters. The minimum Gasteiger partial charge on any atom is -0.345 e. The molecule has 0 aliphatic carbocycles. The molecule has 2 amide bonds. The molecule has 0 fully saturated rings. The van der Waals surface area contributed by atoms with E-state index < -0.39 is 0 Å². The summed E-state index contributed by atoms with van der Waals surface area (Å²) in [4.78, 5) is 28.8. The first-order valence-electron chi connectivity index (χ1n) is 11.3. The monoisotopic (exact) mass is 456 g/mol. The molecule has 0 bridgehead atoms. The molecule has 1 atom stereocenters. The zero-order valence-electron chi connectivity index (χ0n) is 19.8. The number of amides is 2. The Kier molecular flexibility index (Phi) is 8.32. The number of nitrogens with one attached hydrogen (secondary N) is 1. The topological polar surface area (TPSA) is 83.4 Å². The van der Waals surface area contributed by atoms with Crippen LogP contribution in [-0.4, -0.2) is 70.1 Å². The number of hydrogen-bond donors (Lipinski definition) is 1. The van der Waals surface area contributed by atoms with E-state index in [0.717, 1.165) is 23.6 Å². The molecule has 0 radical (unpaired) electrons. The normalized spacial score (nSPS) is 15.1. The van der Waals surface area contributed by atoms with Crippen molar-refractivity contribution in [3.8, 4) is 0 Å². The average molecular weight is 457 g/mol. The van der Waals surface area contributed by atoms with Crippen LogP contribution >= 0.6 is 0 Å². The first-order valence-corrected chi connectivity index (χ1v) is 11.3. The first kappa shape index (κ1) is 24.6. The molecule has 0 saturated carbocycles. The van der Waals surface area contributed by atoms with E-state index in [9.17, 15) is 14.0 Å². The maximum absolute atomic E-state index is 13.1. The second-order valence-corrected chi connectivity index (χ2v) is 9.07. The summed E-state index contributed by atoms with van der Waals surface area (Å²) in [7, 11) is 3.71. The lowest BCUT2D eigenvalue weighted by Crippen LogP contribution is -2.37. The lowest BCUT2D eigenvalue weighted by Gasteiger charge is -2.22. The van der Waals surface area contributed by atoms with Gasteiger partial charge in [0.25, 0.3) is 0 Å². The summed E-state index contributed by atoms with van der Waals surface area (Å²) in [5.41, 5.74) is 0.768. The van der Waals surface area contributed by atoms with E-state index >= 15 is 0 Å². The molecule has 8 nitrogen and oxygen atoms in total. The molecule has 1 aliphatic rings. The van der Waals surface area contributed by atoms with E-state index in [0.29, 0.717) is 38.5 Å². The zero-order chi connectivity index (χ0) is 24.0. The van der Waals surface area contributed by atoms with Crippen LogP contribution in [0, 0.1) is 11.7 Å². The molecular weight excluding hydrogens is 423 g/mol. The summed E-state index contributed by atoms with van der Waals surface area (Å²) >= 11 is 0. The molecule has 2 aromatic rings. The fourth-order valence-corrected chi connectivity index (χ4v) is 3.90. The van der Waals surface area contributed by atoms with Gasteiger partial charge >= 0.3 is 0 Å². The highest BCUT2D eigenvalue weighted by Gasteiger charge is 2.26. The van der Waals surface area contributed by atoms with Gasteiger partial charge in [-0.15, -0.1) is 10.2 Å². The molecule has 1 N–H and O–H groups in total. The highest BCUT2D eigenvalue weighted by atomic mass is 19.1. The van der Waals surface area contributed by atoms with Crippen molar-refractivity contribution in [2.45, 2.75) is 39.3 Å². The molecule has 1 aromatic heterocycles. The molecule has 1 aliphatic heterocycles. The summed E-state index contributed by atoms with van der Waals surface area (Å²) in [6.07, 6.45) is 4.55. The SMILES string of the molecule is CC(C)CC(NC(=O)CN(C)C)c1nnc2n1CCN(C(=O)/C=C/c1ccc(F)cc1)CC2. The van der Waals surface area contributed by atoms with Crippen molar-refractivity contribution >= 4 is 17.9 Å². The number of aromatic nitrogens is 3. The Morgan fingerprint density at radius 3 is 2.55 bits per heavy atom. The zero-order valence-corrected chi connectivity index (χ0v) is 19.8. The predicted octanol–water partition coefficient (Wildman–Crippen LogP) is 2.28. The Morgan fingerprint density at radius 2 is 1.88 bits per heavy atom. The third-order valence-electron chi connectivity index (χ3n) is 5.47. The summed E-state index contributed by atoms with van der Waals surface area (Å²) in [5, 5.41) is 11.9.